The van der Waals surface area contributed by atoms with Gasteiger partial charge in [-0.3, -0.25) is 14.2 Å². The molecule has 4 aromatic rings. The lowest BCUT2D eigenvalue weighted by molar-refractivity contribution is -0.138. The molecule has 4 heterocycles. The van der Waals surface area contributed by atoms with Gasteiger partial charge in [-0.2, -0.15) is 0 Å². The van der Waals surface area contributed by atoms with Gasteiger partial charge in [-0.1, -0.05) is 72.0 Å². The zero-order valence-electron chi connectivity index (χ0n) is 23.1. The van der Waals surface area contributed by atoms with Crippen molar-refractivity contribution in [3.8, 4) is 11.5 Å². The average molecular weight is 592 g/mol. The normalized spacial score (nSPS) is 17.8. The Kier molecular flexibility index (Phi) is 6.55. The molecule has 0 aliphatic carbocycles. The van der Waals surface area contributed by atoms with Gasteiger partial charge in [-0.25, -0.2) is 9.79 Å². The quantitative estimate of drug-likeness (QED) is 0.251. The number of aromatic nitrogens is 1. The predicted molar refractivity (Wildman–Crippen MR) is 162 cm³/mol. The second-order valence-corrected chi connectivity index (χ2v) is 10.9. The maximum atomic E-state index is 14.5. The van der Waals surface area contributed by atoms with Crippen LogP contribution in [0.15, 0.2) is 101 Å². The Morgan fingerprint density at radius 2 is 1.84 bits per heavy atom. The standard InChI is InChI=1S/C33H25N3O6S/c1-3-16-35-22-13-9-8-12-21(22)25(30(35)37)29-31(38)36-28(20-14-15-23-24(17-20)42-18-41-23)26(32(39)40-4-2)27(34-33(36)43-29)19-10-6-5-7-11-19/h3,5-15,17,28H,1,4,16,18H2,2H3/b29-25+/t28-/m0/s1. The van der Waals surface area contributed by atoms with E-state index in [0.29, 0.717) is 56.5 Å². The molecule has 0 saturated carbocycles. The first-order valence-electron chi connectivity index (χ1n) is 13.7. The molecule has 1 atom stereocenters. The van der Waals surface area contributed by atoms with Crippen LogP contribution in [0, 0.1) is 0 Å². The summed E-state index contributed by atoms with van der Waals surface area (Å²) < 4.78 is 18.4. The van der Waals surface area contributed by atoms with Gasteiger partial charge in [0.25, 0.3) is 11.5 Å². The van der Waals surface area contributed by atoms with Gasteiger partial charge < -0.3 is 19.1 Å². The third-order valence-corrected chi connectivity index (χ3v) is 8.58. The fourth-order valence-corrected chi connectivity index (χ4v) is 6.79. The first-order valence-corrected chi connectivity index (χ1v) is 14.6. The van der Waals surface area contributed by atoms with Crippen molar-refractivity contribution in [2.75, 3.05) is 24.8 Å². The molecule has 7 rings (SSSR count). The molecule has 1 amide bonds. The lowest BCUT2D eigenvalue weighted by Crippen LogP contribution is -2.41. The fourth-order valence-electron chi connectivity index (χ4n) is 5.70. The molecule has 1 aromatic heterocycles. The van der Waals surface area contributed by atoms with Crippen molar-refractivity contribution in [2.45, 2.75) is 13.0 Å². The summed E-state index contributed by atoms with van der Waals surface area (Å²) in [6, 6.07) is 21.1. The van der Waals surface area contributed by atoms with E-state index >= 15 is 0 Å². The fraction of sp³-hybridized carbons (Fsp3) is 0.152. The van der Waals surface area contributed by atoms with Crippen LogP contribution in [0.25, 0.3) is 11.3 Å². The number of hydrogen-bond acceptors (Lipinski definition) is 8. The molecule has 0 bridgehead atoms. The van der Waals surface area contributed by atoms with Crippen molar-refractivity contribution in [3.63, 3.8) is 0 Å². The monoisotopic (exact) mass is 591 g/mol. The van der Waals surface area contributed by atoms with Crippen molar-refractivity contribution in [1.82, 2.24) is 4.57 Å². The number of rotatable bonds is 6. The number of fused-ring (bicyclic) bond motifs is 3. The van der Waals surface area contributed by atoms with E-state index in [4.69, 9.17) is 19.2 Å². The molecule has 0 spiro atoms. The van der Waals surface area contributed by atoms with Crippen molar-refractivity contribution >= 4 is 40.2 Å². The van der Waals surface area contributed by atoms with Gasteiger partial charge >= 0.3 is 5.97 Å². The molecule has 9 nitrogen and oxygen atoms in total. The molecule has 0 saturated heterocycles. The highest BCUT2D eigenvalue weighted by Crippen LogP contribution is 2.40. The first-order chi connectivity index (χ1) is 21.0. The van der Waals surface area contributed by atoms with Gasteiger partial charge in [0.2, 0.25) is 6.79 Å². The number of hydrogen-bond donors (Lipinski definition) is 0. The SMILES string of the molecule is C=CCN1C(=O)/C(=c2/sc3n(c2=O)[C@@H](c2ccc4c(c2)OCO4)C(C(=O)OCC)=C(c2ccccc2)N=3)c2ccccc21. The van der Waals surface area contributed by atoms with Crippen LogP contribution in [0.5, 0.6) is 11.5 Å². The third-order valence-electron chi connectivity index (χ3n) is 7.52. The second kappa shape index (κ2) is 10.6. The second-order valence-electron chi connectivity index (χ2n) is 9.96. The Morgan fingerprint density at radius 1 is 1.07 bits per heavy atom. The zero-order chi connectivity index (χ0) is 29.7. The highest BCUT2D eigenvalue weighted by Gasteiger charge is 2.38. The highest BCUT2D eigenvalue weighted by molar-refractivity contribution is 7.07. The maximum absolute atomic E-state index is 14.5. The smallest absolute Gasteiger partial charge is 0.338 e. The van der Waals surface area contributed by atoms with Crippen LogP contribution in [0.1, 0.15) is 29.7 Å². The maximum Gasteiger partial charge on any atom is 0.338 e. The van der Waals surface area contributed by atoms with E-state index in [2.05, 4.69) is 6.58 Å². The Balaban J connectivity index is 1.56. The minimum atomic E-state index is -0.912. The Morgan fingerprint density at radius 3 is 2.63 bits per heavy atom. The Bertz CT molecular complexity index is 2040. The number of benzene rings is 3. The van der Waals surface area contributed by atoms with Crippen molar-refractivity contribution in [3.05, 3.63) is 127 Å². The van der Waals surface area contributed by atoms with Gasteiger partial charge in [0, 0.05) is 17.7 Å². The van der Waals surface area contributed by atoms with Crippen LogP contribution in [-0.2, 0) is 14.3 Å². The van der Waals surface area contributed by atoms with E-state index in [-0.39, 0.29) is 29.4 Å². The van der Waals surface area contributed by atoms with E-state index in [1.165, 1.54) is 4.57 Å². The molecule has 0 unspecified atom stereocenters. The number of ether oxygens (including phenoxy) is 3. The molecule has 43 heavy (non-hydrogen) atoms. The molecule has 0 fully saturated rings. The van der Waals surface area contributed by atoms with Crippen LogP contribution in [0.4, 0.5) is 5.69 Å². The van der Waals surface area contributed by atoms with Gasteiger partial charge in [-0.05, 0) is 30.7 Å². The molecular weight excluding hydrogens is 566 g/mol. The molecular formula is C33H25N3O6S. The van der Waals surface area contributed by atoms with Crippen LogP contribution < -0.4 is 29.3 Å². The van der Waals surface area contributed by atoms with E-state index in [0.717, 1.165) is 11.3 Å². The predicted octanol–water partition coefficient (Wildman–Crippen LogP) is 3.57. The van der Waals surface area contributed by atoms with Crippen molar-refractivity contribution in [1.29, 1.82) is 0 Å². The number of carbonyl (C=O) groups excluding carboxylic acids is 2. The summed E-state index contributed by atoms with van der Waals surface area (Å²) in [5, 5.41) is 0. The van der Waals surface area contributed by atoms with E-state index in [1.54, 1.807) is 36.1 Å². The van der Waals surface area contributed by atoms with Crippen LogP contribution >= 0.6 is 11.3 Å². The summed E-state index contributed by atoms with van der Waals surface area (Å²) in [6.45, 7) is 6.03. The molecule has 3 aliphatic rings. The topological polar surface area (TPSA) is 99.4 Å². The number of carbonyl (C=O) groups is 2. The molecule has 3 aromatic carbocycles. The highest BCUT2D eigenvalue weighted by atomic mass is 32.1. The third kappa shape index (κ3) is 4.21. The van der Waals surface area contributed by atoms with E-state index in [1.807, 2.05) is 54.6 Å². The lowest BCUT2D eigenvalue weighted by Gasteiger charge is -2.26. The van der Waals surface area contributed by atoms with Gasteiger partial charge in [-0.15, -0.1) is 6.58 Å². The van der Waals surface area contributed by atoms with Crippen molar-refractivity contribution < 1.29 is 23.8 Å². The number of thiazole rings is 1. The molecule has 0 radical (unpaired) electrons. The lowest BCUT2D eigenvalue weighted by atomic mass is 9.93. The molecule has 3 aliphatic heterocycles. The average Bonchev–Trinajstić information content (AvgIpc) is 3.71. The number of para-hydroxylation sites is 1. The van der Waals surface area contributed by atoms with Crippen LogP contribution in [0.2, 0.25) is 0 Å². The number of nitrogens with zero attached hydrogens (tertiary/aromatic N) is 3. The summed E-state index contributed by atoms with van der Waals surface area (Å²) in [4.78, 5) is 48.8. The largest absolute Gasteiger partial charge is 0.463 e. The number of anilines is 1. The summed E-state index contributed by atoms with van der Waals surface area (Å²) in [6.07, 6.45) is 1.65. The summed E-state index contributed by atoms with van der Waals surface area (Å²) >= 11 is 1.13. The summed E-state index contributed by atoms with van der Waals surface area (Å²) in [5.74, 6) is 0.187. The minimum absolute atomic E-state index is 0.0729. The van der Waals surface area contributed by atoms with E-state index in [9.17, 15) is 14.4 Å². The Labute approximate surface area is 249 Å². The summed E-state index contributed by atoms with van der Waals surface area (Å²) in [5.41, 5.74) is 3.14. The molecule has 10 heteroatoms. The number of amides is 1. The van der Waals surface area contributed by atoms with Crippen LogP contribution in [0.3, 0.4) is 0 Å². The zero-order valence-corrected chi connectivity index (χ0v) is 23.9. The summed E-state index contributed by atoms with van der Waals surface area (Å²) in [7, 11) is 0. The Hall–Kier alpha value is -5.22. The molecule has 214 valence electrons. The van der Waals surface area contributed by atoms with Gasteiger partial charge in [0.1, 0.15) is 4.53 Å². The van der Waals surface area contributed by atoms with E-state index < -0.39 is 17.6 Å². The van der Waals surface area contributed by atoms with Gasteiger partial charge in [0.05, 0.1) is 35.2 Å². The first kappa shape index (κ1) is 26.7. The van der Waals surface area contributed by atoms with Crippen molar-refractivity contribution in [2.24, 2.45) is 4.99 Å². The minimum Gasteiger partial charge on any atom is -0.463 e. The van der Waals surface area contributed by atoms with Crippen LogP contribution in [-0.4, -0.2) is 36.4 Å². The number of esters is 1. The van der Waals surface area contributed by atoms with Gasteiger partial charge in [0.15, 0.2) is 16.3 Å². The molecule has 0 N–H and O–H groups in total.